The highest BCUT2D eigenvalue weighted by Crippen LogP contribution is 2.46. The van der Waals surface area contributed by atoms with E-state index in [1.165, 1.54) is 11.3 Å². The standard InChI is InChI=1S/C38H56N10O5S/c1-25-22-45(15-9-19-51-6)14-8-16-48(25)34-42-27(31(40)44-53-33(49)37(5)11-7-10-28-30(37)26(21-39)32(41)54-28)20-29(43-34)47-23-38(24-47)12-17-46(18-13-38)35(50)52-36(2,3)4/h20,25H,7-19,22-24,41H2,1-6H3,(H2,40,44)/t25-,37-/m0/s1. The van der Waals surface area contributed by atoms with E-state index in [1.54, 1.807) is 18.9 Å². The first-order valence-corrected chi connectivity index (χ1v) is 19.9. The molecule has 294 valence electrons. The van der Waals surface area contributed by atoms with Crippen LogP contribution in [0.3, 0.4) is 0 Å². The van der Waals surface area contributed by atoms with Crippen molar-refractivity contribution in [3.63, 3.8) is 0 Å². The van der Waals surface area contributed by atoms with E-state index in [9.17, 15) is 14.9 Å². The van der Waals surface area contributed by atoms with E-state index in [0.717, 1.165) is 95.1 Å². The number of aryl methyl sites for hydroxylation is 1. The summed E-state index contributed by atoms with van der Waals surface area (Å²) >= 11 is 1.36. The maximum Gasteiger partial charge on any atom is 0.410 e. The predicted octanol–water partition coefficient (Wildman–Crippen LogP) is 4.22. The number of thiophene rings is 1. The molecule has 0 unspecified atom stereocenters. The highest BCUT2D eigenvalue weighted by molar-refractivity contribution is 7.16. The second-order valence-electron chi connectivity index (χ2n) is 16.6. The van der Waals surface area contributed by atoms with Gasteiger partial charge in [-0.3, -0.25) is 0 Å². The van der Waals surface area contributed by atoms with Gasteiger partial charge >= 0.3 is 12.1 Å². The van der Waals surface area contributed by atoms with Crippen LogP contribution in [-0.4, -0.2) is 115 Å². The van der Waals surface area contributed by atoms with Crippen molar-refractivity contribution in [2.45, 2.75) is 96.6 Å². The normalized spacial score (nSPS) is 23.3. The number of nitrogens with two attached hydrogens (primary N) is 2. The first-order chi connectivity index (χ1) is 25.6. The third-order valence-electron chi connectivity index (χ3n) is 11.3. The predicted molar refractivity (Wildman–Crippen MR) is 209 cm³/mol. The molecular formula is C38H56N10O5S. The average molecular weight is 765 g/mol. The number of rotatable bonds is 9. The van der Waals surface area contributed by atoms with Gasteiger partial charge < -0.3 is 45.4 Å². The molecule has 3 fully saturated rings. The molecule has 0 aromatic carbocycles. The lowest BCUT2D eigenvalue weighted by molar-refractivity contribution is -0.150. The molecule has 1 spiro atoms. The summed E-state index contributed by atoms with van der Waals surface area (Å²) in [6.07, 6.45) is 5.42. The van der Waals surface area contributed by atoms with Crippen molar-refractivity contribution < 1.29 is 23.9 Å². The number of piperidine rings is 1. The van der Waals surface area contributed by atoms with Crippen LogP contribution in [0.2, 0.25) is 0 Å². The molecule has 3 saturated heterocycles. The van der Waals surface area contributed by atoms with E-state index in [0.29, 0.717) is 47.3 Å². The number of hydrogen-bond donors (Lipinski definition) is 2. The van der Waals surface area contributed by atoms with E-state index < -0.39 is 17.0 Å². The number of methoxy groups -OCH3 is 1. The summed E-state index contributed by atoms with van der Waals surface area (Å²) in [6.45, 7) is 16.8. The smallest absolute Gasteiger partial charge is 0.410 e. The van der Waals surface area contributed by atoms with Crippen LogP contribution in [0.15, 0.2) is 11.2 Å². The molecule has 5 heterocycles. The Morgan fingerprint density at radius 2 is 1.87 bits per heavy atom. The largest absolute Gasteiger partial charge is 0.444 e. The first kappa shape index (κ1) is 39.5. The molecule has 2 aromatic heterocycles. The van der Waals surface area contributed by atoms with Crippen LogP contribution >= 0.6 is 11.3 Å². The summed E-state index contributed by atoms with van der Waals surface area (Å²) < 4.78 is 10.9. The Balaban J connectivity index is 1.22. The SMILES string of the molecule is COCCCN1CCCN(c2nc(/C(N)=N/OC(=O)[C@@]3(C)CCCc4sc(N)c(C#N)c43)cc(N3CC4(CCN(C(=O)OC(C)(C)C)CC4)C3)n2)[C@@H](C)C1. The number of nitrogens with zero attached hydrogens (tertiary/aromatic N) is 8. The van der Waals surface area contributed by atoms with Crippen molar-refractivity contribution in [2.75, 3.05) is 81.6 Å². The second-order valence-corrected chi connectivity index (χ2v) is 17.7. The third kappa shape index (κ3) is 8.38. The molecule has 0 saturated carbocycles. The van der Waals surface area contributed by atoms with Crippen LogP contribution < -0.4 is 21.3 Å². The Morgan fingerprint density at radius 1 is 1.13 bits per heavy atom. The maximum atomic E-state index is 13.7. The van der Waals surface area contributed by atoms with Crippen molar-refractivity contribution in [2.24, 2.45) is 16.3 Å². The number of ether oxygens (including phenoxy) is 2. The molecule has 4 aliphatic rings. The lowest BCUT2D eigenvalue weighted by Crippen LogP contribution is -2.61. The van der Waals surface area contributed by atoms with E-state index >= 15 is 0 Å². The molecule has 3 aliphatic heterocycles. The topological polar surface area (TPSA) is 189 Å². The van der Waals surface area contributed by atoms with Crippen LogP contribution in [0.1, 0.15) is 94.8 Å². The average Bonchev–Trinajstić information content (AvgIpc) is 3.34. The number of amidine groups is 1. The number of carbonyl (C=O) groups excluding carboxylic acids is 2. The highest BCUT2D eigenvalue weighted by Gasteiger charge is 2.47. The molecule has 54 heavy (non-hydrogen) atoms. The second kappa shape index (κ2) is 15.9. The van der Waals surface area contributed by atoms with Crippen molar-refractivity contribution in [1.82, 2.24) is 19.8 Å². The molecule has 2 atom stereocenters. The lowest BCUT2D eigenvalue weighted by Gasteiger charge is -2.54. The summed E-state index contributed by atoms with van der Waals surface area (Å²) in [5, 5.41) is 14.4. The van der Waals surface area contributed by atoms with Gasteiger partial charge in [0.25, 0.3) is 0 Å². The van der Waals surface area contributed by atoms with Crippen molar-refractivity contribution in [1.29, 1.82) is 5.26 Å². The number of anilines is 3. The van der Waals surface area contributed by atoms with E-state index in [2.05, 4.69) is 32.8 Å². The van der Waals surface area contributed by atoms with Gasteiger partial charge in [-0.1, -0.05) is 5.16 Å². The fourth-order valence-corrected chi connectivity index (χ4v) is 9.49. The van der Waals surface area contributed by atoms with Gasteiger partial charge in [0.05, 0.1) is 11.0 Å². The Labute approximate surface area is 322 Å². The van der Waals surface area contributed by atoms with Gasteiger partial charge in [0.1, 0.15) is 28.2 Å². The Morgan fingerprint density at radius 3 is 2.56 bits per heavy atom. The number of carbonyl (C=O) groups is 2. The zero-order valence-electron chi connectivity index (χ0n) is 32.7. The summed E-state index contributed by atoms with van der Waals surface area (Å²) in [5.74, 6) is 0.648. The van der Waals surface area contributed by atoms with Gasteiger partial charge in [-0.05, 0) is 86.1 Å². The molecule has 15 nitrogen and oxygen atoms in total. The zero-order valence-corrected chi connectivity index (χ0v) is 33.5. The minimum Gasteiger partial charge on any atom is -0.444 e. The fraction of sp³-hybridized carbons (Fsp3) is 0.684. The number of nitriles is 1. The number of fused-ring (bicyclic) bond motifs is 1. The number of hydrogen-bond acceptors (Lipinski definition) is 14. The molecule has 0 bridgehead atoms. The van der Waals surface area contributed by atoms with Gasteiger partial charge in [0.15, 0.2) is 5.84 Å². The van der Waals surface area contributed by atoms with Gasteiger partial charge in [-0.2, -0.15) is 10.2 Å². The molecule has 1 amide bonds. The van der Waals surface area contributed by atoms with Crippen LogP contribution in [0, 0.1) is 16.7 Å². The summed E-state index contributed by atoms with van der Waals surface area (Å²) in [7, 11) is 1.73. The van der Waals surface area contributed by atoms with Gasteiger partial charge in [-0.15, -0.1) is 11.3 Å². The first-order valence-electron chi connectivity index (χ1n) is 19.1. The van der Waals surface area contributed by atoms with Crippen LogP contribution in [0.5, 0.6) is 0 Å². The van der Waals surface area contributed by atoms with Crippen LogP contribution in [0.25, 0.3) is 0 Å². The summed E-state index contributed by atoms with van der Waals surface area (Å²) in [6, 6.07) is 4.13. The minimum absolute atomic E-state index is 0.0391. The monoisotopic (exact) mass is 764 g/mol. The number of amides is 1. The number of likely N-dealkylation sites (tertiary alicyclic amines) is 1. The maximum absolute atomic E-state index is 13.7. The molecule has 6 rings (SSSR count). The van der Waals surface area contributed by atoms with Crippen molar-refractivity contribution >= 4 is 46.0 Å². The lowest BCUT2D eigenvalue weighted by atomic mass is 9.72. The summed E-state index contributed by atoms with van der Waals surface area (Å²) in [4.78, 5) is 51.7. The molecular weight excluding hydrogens is 709 g/mol. The summed E-state index contributed by atoms with van der Waals surface area (Å²) in [5.41, 5.74) is 12.5. The number of aromatic nitrogens is 2. The Kier molecular flexibility index (Phi) is 11.6. The highest BCUT2D eigenvalue weighted by atomic mass is 32.1. The van der Waals surface area contributed by atoms with E-state index in [-0.39, 0.29) is 23.4 Å². The minimum atomic E-state index is -1.08. The van der Waals surface area contributed by atoms with Crippen LogP contribution in [0.4, 0.5) is 21.6 Å². The number of nitrogen functional groups attached to an aromatic ring is 1. The van der Waals surface area contributed by atoms with Crippen molar-refractivity contribution in [3.05, 3.63) is 27.8 Å². The molecule has 16 heteroatoms. The molecule has 1 aliphatic carbocycles. The Hall–Kier alpha value is -4.20. The van der Waals surface area contributed by atoms with Gasteiger partial charge in [0, 0.05) is 87.5 Å². The fourth-order valence-electron chi connectivity index (χ4n) is 8.29. The zero-order chi connectivity index (χ0) is 38.8. The molecule has 4 N–H and O–H groups in total. The quantitative estimate of drug-likeness (QED) is 0.122. The molecule has 2 aromatic rings. The third-order valence-corrected chi connectivity index (χ3v) is 12.3. The van der Waals surface area contributed by atoms with Gasteiger partial charge in [-0.25, -0.2) is 14.6 Å². The Bertz CT molecular complexity index is 1770. The van der Waals surface area contributed by atoms with E-state index in [4.69, 9.17) is 35.7 Å². The van der Waals surface area contributed by atoms with Crippen LogP contribution in [-0.2, 0) is 30.9 Å². The van der Waals surface area contributed by atoms with Gasteiger partial charge in [0.2, 0.25) is 5.95 Å². The molecule has 0 radical (unpaired) electrons. The van der Waals surface area contributed by atoms with E-state index in [1.807, 2.05) is 26.8 Å². The van der Waals surface area contributed by atoms with Crippen molar-refractivity contribution in [3.8, 4) is 6.07 Å². The number of oxime groups is 1.